The molecule has 0 bridgehead atoms. The Balaban J connectivity index is 4.39. The van der Waals surface area contributed by atoms with Crippen molar-refractivity contribution >= 4 is 11.8 Å². The van der Waals surface area contributed by atoms with Gasteiger partial charge in [0.25, 0.3) is 5.91 Å². The van der Waals surface area contributed by atoms with Gasteiger partial charge in [-0.15, -0.1) is 0 Å². The Morgan fingerprint density at radius 3 is 1.95 bits per heavy atom. The lowest BCUT2D eigenvalue weighted by Crippen LogP contribution is -2.54. The molecule has 0 aromatic carbocycles. The monoisotopic (exact) mass is 320 g/mol. The molecular formula is C14H28N2O6. The molecule has 130 valence electrons. The van der Waals surface area contributed by atoms with Gasteiger partial charge in [0.05, 0.1) is 0 Å². The van der Waals surface area contributed by atoms with Gasteiger partial charge in [0.1, 0.15) is 12.2 Å². The number of aliphatic hydroxyl groups is 4. The summed E-state index contributed by atoms with van der Waals surface area (Å²) in [5.74, 6) is -1.46. The number of nitrogens with two attached hydrogens (primary N) is 1. The molecule has 0 aromatic rings. The number of amides is 2. The first-order chi connectivity index (χ1) is 10.1. The molecule has 8 heteroatoms. The summed E-state index contributed by atoms with van der Waals surface area (Å²) in [6.07, 6.45) is -6.18. The van der Waals surface area contributed by atoms with E-state index in [1.807, 2.05) is 6.92 Å². The lowest BCUT2D eigenvalue weighted by Gasteiger charge is -2.25. The van der Waals surface area contributed by atoms with Crippen LogP contribution in [0.1, 0.15) is 33.6 Å². The summed E-state index contributed by atoms with van der Waals surface area (Å²) >= 11 is 0. The molecule has 0 saturated carbocycles. The second-order valence-electron chi connectivity index (χ2n) is 5.87. The lowest BCUT2D eigenvalue weighted by molar-refractivity contribution is -0.154. The van der Waals surface area contributed by atoms with E-state index in [1.54, 1.807) is 0 Å². The molecule has 0 aliphatic heterocycles. The SMILES string of the molecule is CCC(C)CC(C)CNC(=O)[C@@H](O)[C@H](O)[C@H](O)[C@@H](O)C(N)=O. The number of hydrogen-bond donors (Lipinski definition) is 6. The molecule has 22 heavy (non-hydrogen) atoms. The van der Waals surface area contributed by atoms with Gasteiger partial charge in [-0.3, -0.25) is 9.59 Å². The average molecular weight is 320 g/mol. The highest BCUT2D eigenvalue weighted by Gasteiger charge is 2.36. The minimum atomic E-state index is -2.07. The van der Waals surface area contributed by atoms with Crippen molar-refractivity contribution in [3.05, 3.63) is 0 Å². The van der Waals surface area contributed by atoms with E-state index in [2.05, 4.69) is 19.2 Å². The first kappa shape index (κ1) is 20.8. The third-order valence-corrected chi connectivity index (χ3v) is 3.68. The van der Waals surface area contributed by atoms with Crippen molar-refractivity contribution in [3.63, 3.8) is 0 Å². The van der Waals surface area contributed by atoms with Crippen LogP contribution in [0.2, 0.25) is 0 Å². The van der Waals surface area contributed by atoms with E-state index >= 15 is 0 Å². The van der Waals surface area contributed by atoms with Crippen molar-refractivity contribution in [2.45, 2.75) is 58.0 Å². The van der Waals surface area contributed by atoms with Gasteiger partial charge >= 0.3 is 0 Å². The summed E-state index contributed by atoms with van der Waals surface area (Å²) in [4.78, 5) is 22.4. The third kappa shape index (κ3) is 6.69. The normalized spacial score (nSPS) is 19.6. The van der Waals surface area contributed by atoms with Crippen LogP contribution in [0.4, 0.5) is 0 Å². The fourth-order valence-electron chi connectivity index (χ4n) is 2.01. The van der Waals surface area contributed by atoms with Crippen molar-refractivity contribution in [3.8, 4) is 0 Å². The van der Waals surface area contributed by atoms with Crippen molar-refractivity contribution < 1.29 is 30.0 Å². The summed E-state index contributed by atoms with van der Waals surface area (Å²) in [6, 6.07) is 0. The van der Waals surface area contributed by atoms with Crippen molar-refractivity contribution in [1.29, 1.82) is 0 Å². The Bertz CT molecular complexity index is 365. The van der Waals surface area contributed by atoms with Crippen molar-refractivity contribution in [2.75, 3.05) is 6.54 Å². The first-order valence-corrected chi connectivity index (χ1v) is 7.41. The predicted molar refractivity (Wildman–Crippen MR) is 79.5 cm³/mol. The molecule has 0 rings (SSSR count). The zero-order valence-corrected chi connectivity index (χ0v) is 13.3. The molecule has 2 amide bonds. The van der Waals surface area contributed by atoms with E-state index in [0.717, 1.165) is 12.8 Å². The van der Waals surface area contributed by atoms with Crippen molar-refractivity contribution in [1.82, 2.24) is 5.32 Å². The average Bonchev–Trinajstić information content (AvgIpc) is 2.48. The van der Waals surface area contributed by atoms with E-state index in [4.69, 9.17) is 5.73 Å². The number of carbonyl (C=O) groups is 2. The molecule has 7 N–H and O–H groups in total. The first-order valence-electron chi connectivity index (χ1n) is 7.41. The Morgan fingerprint density at radius 1 is 1.00 bits per heavy atom. The molecule has 0 fully saturated rings. The quantitative estimate of drug-likeness (QED) is 0.276. The highest BCUT2D eigenvalue weighted by Crippen LogP contribution is 2.14. The van der Waals surface area contributed by atoms with Gasteiger partial charge in [-0.25, -0.2) is 0 Å². The maximum absolute atomic E-state index is 11.7. The van der Waals surface area contributed by atoms with Crippen LogP contribution in [0.5, 0.6) is 0 Å². The summed E-state index contributed by atoms with van der Waals surface area (Å²) in [5, 5.41) is 40.4. The number of rotatable bonds is 10. The summed E-state index contributed by atoms with van der Waals surface area (Å²) in [7, 11) is 0. The van der Waals surface area contributed by atoms with Gasteiger partial charge in [0, 0.05) is 6.54 Å². The van der Waals surface area contributed by atoms with Gasteiger partial charge in [-0.2, -0.15) is 0 Å². The Kier molecular flexibility index (Phi) is 9.19. The molecule has 0 aliphatic rings. The molecule has 0 aliphatic carbocycles. The van der Waals surface area contributed by atoms with Crippen LogP contribution in [0.15, 0.2) is 0 Å². The van der Waals surface area contributed by atoms with Gasteiger partial charge in [-0.1, -0.05) is 27.2 Å². The van der Waals surface area contributed by atoms with E-state index in [1.165, 1.54) is 0 Å². The van der Waals surface area contributed by atoms with Crippen LogP contribution < -0.4 is 11.1 Å². The molecule has 0 radical (unpaired) electrons. The van der Waals surface area contributed by atoms with Gasteiger partial charge in [0.2, 0.25) is 5.91 Å². The summed E-state index contributed by atoms with van der Waals surface area (Å²) < 4.78 is 0. The second kappa shape index (κ2) is 9.73. The maximum atomic E-state index is 11.7. The number of aliphatic hydroxyl groups excluding tert-OH is 4. The largest absolute Gasteiger partial charge is 0.387 e. The third-order valence-electron chi connectivity index (χ3n) is 3.68. The van der Waals surface area contributed by atoms with Crippen LogP contribution in [0, 0.1) is 11.8 Å². The molecule has 0 spiro atoms. The summed E-state index contributed by atoms with van der Waals surface area (Å²) in [6.45, 7) is 6.42. The minimum absolute atomic E-state index is 0.185. The van der Waals surface area contributed by atoms with E-state index < -0.39 is 36.2 Å². The fraction of sp³-hybridized carbons (Fsp3) is 0.857. The molecule has 0 saturated heterocycles. The highest BCUT2D eigenvalue weighted by atomic mass is 16.4. The maximum Gasteiger partial charge on any atom is 0.251 e. The Labute approximate surface area is 130 Å². The number of hydrogen-bond acceptors (Lipinski definition) is 6. The minimum Gasteiger partial charge on any atom is -0.387 e. The molecule has 8 nitrogen and oxygen atoms in total. The Morgan fingerprint density at radius 2 is 1.50 bits per heavy atom. The van der Waals surface area contributed by atoms with Gasteiger partial charge < -0.3 is 31.5 Å². The number of primary amides is 1. The van der Waals surface area contributed by atoms with Crippen LogP contribution in [-0.4, -0.2) is 63.2 Å². The van der Waals surface area contributed by atoms with Crippen LogP contribution in [0.3, 0.4) is 0 Å². The van der Waals surface area contributed by atoms with Gasteiger partial charge in [-0.05, 0) is 18.3 Å². The van der Waals surface area contributed by atoms with Crippen molar-refractivity contribution in [2.24, 2.45) is 17.6 Å². The topological polar surface area (TPSA) is 153 Å². The van der Waals surface area contributed by atoms with Crippen LogP contribution in [-0.2, 0) is 9.59 Å². The molecule has 2 unspecified atom stereocenters. The van der Waals surface area contributed by atoms with E-state index in [0.29, 0.717) is 12.5 Å². The smallest absolute Gasteiger partial charge is 0.251 e. The molecule has 0 heterocycles. The van der Waals surface area contributed by atoms with E-state index in [9.17, 15) is 30.0 Å². The lowest BCUT2D eigenvalue weighted by atomic mass is 9.95. The van der Waals surface area contributed by atoms with Crippen LogP contribution in [0.25, 0.3) is 0 Å². The Hall–Kier alpha value is -1.22. The molecule has 6 atom stereocenters. The number of nitrogens with one attached hydrogen (secondary N) is 1. The highest BCUT2D eigenvalue weighted by molar-refractivity contribution is 5.82. The standard InChI is InChI=1S/C14H28N2O6/c1-4-7(2)5-8(3)6-16-14(22)12(20)10(18)9(17)11(19)13(15)21/h7-12,17-20H,4-6H2,1-3H3,(H2,15,21)(H,16,22)/t7?,8?,9-,10+,11+,12-/m0/s1. The second-order valence-corrected chi connectivity index (χ2v) is 5.87. The molecular weight excluding hydrogens is 292 g/mol. The van der Waals surface area contributed by atoms with Crippen LogP contribution >= 0.6 is 0 Å². The number of carbonyl (C=O) groups excluding carboxylic acids is 2. The predicted octanol–water partition coefficient (Wildman–Crippen LogP) is -1.90. The van der Waals surface area contributed by atoms with Gasteiger partial charge in [0.15, 0.2) is 12.2 Å². The fourth-order valence-corrected chi connectivity index (χ4v) is 2.01. The van der Waals surface area contributed by atoms with E-state index in [-0.39, 0.29) is 5.92 Å². The summed E-state index contributed by atoms with van der Waals surface area (Å²) in [5.41, 5.74) is 4.77. The zero-order valence-electron chi connectivity index (χ0n) is 13.3. The molecule has 0 aromatic heterocycles. The zero-order chi connectivity index (χ0) is 17.4.